The van der Waals surface area contributed by atoms with Crippen molar-refractivity contribution in [2.75, 3.05) is 10.2 Å². The molecule has 0 unspecified atom stereocenters. The molecular formula is C71H65BN2O. The average molecular weight is 973 g/mol. The smallest absolute Gasteiger partial charge is 0.198 e. The van der Waals surface area contributed by atoms with Crippen LogP contribution in [0.5, 0.6) is 0 Å². The Balaban J connectivity index is 1.06. The highest BCUT2D eigenvalue weighted by Crippen LogP contribution is 2.59. The zero-order valence-electron chi connectivity index (χ0n) is 44.8. The van der Waals surface area contributed by atoms with Crippen LogP contribution in [0.25, 0.3) is 44.2 Å². The Bertz CT molecular complexity index is 3910. The Labute approximate surface area is 443 Å². The van der Waals surface area contributed by atoms with Crippen LogP contribution >= 0.6 is 0 Å². The highest BCUT2D eigenvalue weighted by Gasteiger charge is 2.49. The number of anilines is 5. The first kappa shape index (κ1) is 46.0. The Hall–Kier alpha value is -7.56. The lowest BCUT2D eigenvalue weighted by molar-refractivity contribution is 0.332. The summed E-state index contributed by atoms with van der Waals surface area (Å²) < 4.78 is 7.09. The number of para-hydroxylation sites is 2. The van der Waals surface area contributed by atoms with Gasteiger partial charge in [0.2, 0.25) is 0 Å². The van der Waals surface area contributed by atoms with Gasteiger partial charge in [0.05, 0.1) is 16.8 Å². The molecule has 4 heteroatoms. The molecule has 4 aliphatic rings. The fourth-order valence-corrected chi connectivity index (χ4v) is 14.3. The molecule has 2 aliphatic heterocycles. The summed E-state index contributed by atoms with van der Waals surface area (Å²) in [6.07, 6.45) is 4.64. The standard InChI is InChI=1S/C71H65BN2O/c1-67(2)33-34-68(3,4)56-39-48(31-32-53(56)67)73-60-43-64-50(51-41-57-58(42-63(51)75-64)70(7,8)36-35-69(57,5)6)40-49(60)52-37-45(44-21-12-9-13-22-44)38-62-65(52)72-59-29-20-28-55-66(59)74(62)61-30-19-18-27-54(61)71(55,46-23-14-10-15-24-46)47-25-16-11-17-26-47/h9-32,37-43,72-73H,33-36H2,1-8H3. The molecule has 75 heavy (non-hydrogen) atoms. The summed E-state index contributed by atoms with van der Waals surface area (Å²) in [7, 11) is 0.768. The molecule has 0 radical (unpaired) electrons. The molecule has 0 bridgehead atoms. The molecule has 1 aromatic heterocycles. The summed E-state index contributed by atoms with van der Waals surface area (Å²) in [6, 6.07) is 71.5. The molecule has 368 valence electrons. The van der Waals surface area contributed by atoms with Crippen molar-refractivity contribution in [2.45, 2.75) is 108 Å². The second-order valence-electron chi connectivity index (χ2n) is 25.0. The van der Waals surface area contributed by atoms with E-state index in [1.807, 2.05) is 0 Å². The van der Waals surface area contributed by atoms with Crippen molar-refractivity contribution < 1.29 is 4.42 Å². The number of benzene rings is 9. The van der Waals surface area contributed by atoms with E-state index in [0.29, 0.717) is 0 Å². The van der Waals surface area contributed by atoms with E-state index in [9.17, 15) is 0 Å². The first-order valence-electron chi connectivity index (χ1n) is 27.5. The Kier molecular flexibility index (Phi) is 9.95. The van der Waals surface area contributed by atoms with Gasteiger partial charge in [-0.25, -0.2) is 0 Å². The van der Waals surface area contributed by atoms with Gasteiger partial charge >= 0.3 is 0 Å². The van der Waals surface area contributed by atoms with Crippen LogP contribution in [0.1, 0.15) is 126 Å². The summed E-state index contributed by atoms with van der Waals surface area (Å²) in [4.78, 5) is 2.63. The summed E-state index contributed by atoms with van der Waals surface area (Å²) >= 11 is 0. The van der Waals surface area contributed by atoms with Crippen molar-refractivity contribution in [3.8, 4) is 22.3 Å². The van der Waals surface area contributed by atoms with Gasteiger partial charge in [0.1, 0.15) is 11.2 Å². The van der Waals surface area contributed by atoms with Crippen molar-refractivity contribution in [3.05, 3.63) is 233 Å². The number of hydrogen-bond donors (Lipinski definition) is 1. The minimum Gasteiger partial charge on any atom is -0.456 e. The molecular weight excluding hydrogens is 908 g/mol. The number of rotatable bonds is 6. The monoisotopic (exact) mass is 973 g/mol. The lowest BCUT2D eigenvalue weighted by Gasteiger charge is -2.49. The third kappa shape index (κ3) is 6.87. The first-order chi connectivity index (χ1) is 36.1. The lowest BCUT2D eigenvalue weighted by Crippen LogP contribution is -2.47. The topological polar surface area (TPSA) is 28.4 Å². The molecule has 0 atom stereocenters. The van der Waals surface area contributed by atoms with Gasteiger partial charge in [-0.2, -0.15) is 0 Å². The molecule has 9 aromatic carbocycles. The van der Waals surface area contributed by atoms with E-state index < -0.39 is 5.41 Å². The molecule has 3 nitrogen and oxygen atoms in total. The van der Waals surface area contributed by atoms with Gasteiger partial charge in [0, 0.05) is 39.5 Å². The van der Waals surface area contributed by atoms with Crippen molar-refractivity contribution in [2.24, 2.45) is 0 Å². The predicted molar refractivity (Wildman–Crippen MR) is 318 cm³/mol. The summed E-state index contributed by atoms with van der Waals surface area (Å²) in [5.41, 5.74) is 25.7. The molecule has 1 N–H and O–H groups in total. The SMILES string of the molecule is CC1(C)CCC(C)(C)c2cc(Nc3cc4oc5cc6c(cc5c4cc3-c3cc(-c4ccccc4)cc4c3Bc3cccc5c3N4c3ccccc3C5(c3ccccc3)c3ccccc3)C(C)(C)CCC6(C)C)ccc21. The second-order valence-corrected chi connectivity index (χ2v) is 25.0. The fourth-order valence-electron chi connectivity index (χ4n) is 14.3. The normalized spacial score (nSPS) is 17.7. The van der Waals surface area contributed by atoms with E-state index in [1.165, 1.54) is 107 Å². The Morgan fingerprint density at radius 3 is 1.67 bits per heavy atom. The summed E-state index contributed by atoms with van der Waals surface area (Å²) in [6.45, 7) is 19.3. The molecule has 0 amide bonds. The van der Waals surface area contributed by atoms with E-state index in [4.69, 9.17) is 4.42 Å². The van der Waals surface area contributed by atoms with Crippen LogP contribution < -0.4 is 21.1 Å². The molecule has 14 rings (SSSR count). The van der Waals surface area contributed by atoms with E-state index in [1.54, 1.807) is 0 Å². The first-order valence-corrected chi connectivity index (χ1v) is 27.5. The zero-order chi connectivity index (χ0) is 51.2. The molecule has 0 spiro atoms. The maximum absolute atomic E-state index is 7.09. The minimum atomic E-state index is -0.551. The van der Waals surface area contributed by atoms with E-state index in [-0.39, 0.29) is 21.7 Å². The van der Waals surface area contributed by atoms with Crippen molar-refractivity contribution in [3.63, 3.8) is 0 Å². The maximum Gasteiger partial charge on any atom is 0.198 e. The largest absolute Gasteiger partial charge is 0.456 e. The van der Waals surface area contributed by atoms with Crippen LogP contribution in [-0.4, -0.2) is 7.28 Å². The number of furan rings is 1. The zero-order valence-corrected chi connectivity index (χ0v) is 44.8. The van der Waals surface area contributed by atoms with E-state index in [2.05, 4.69) is 254 Å². The third-order valence-electron chi connectivity index (χ3n) is 18.7. The molecule has 0 fully saturated rings. The summed E-state index contributed by atoms with van der Waals surface area (Å²) in [5.74, 6) is 0. The highest BCUT2D eigenvalue weighted by atomic mass is 16.3. The number of fused-ring (bicyclic) bond motifs is 9. The fraction of sp³-hybridized carbons (Fsp3) is 0.239. The van der Waals surface area contributed by atoms with Gasteiger partial charge in [-0.1, -0.05) is 194 Å². The summed E-state index contributed by atoms with van der Waals surface area (Å²) in [5, 5.41) is 6.46. The van der Waals surface area contributed by atoms with E-state index >= 15 is 0 Å². The lowest BCUT2D eigenvalue weighted by atomic mass is 9.54. The second kappa shape index (κ2) is 16.2. The van der Waals surface area contributed by atoms with Crippen LogP contribution in [0.2, 0.25) is 0 Å². The van der Waals surface area contributed by atoms with Gasteiger partial charge in [0.15, 0.2) is 7.28 Å². The maximum atomic E-state index is 7.09. The van der Waals surface area contributed by atoms with Gasteiger partial charge in [-0.05, 0) is 163 Å². The Morgan fingerprint density at radius 2 is 0.987 bits per heavy atom. The van der Waals surface area contributed by atoms with Crippen molar-refractivity contribution >= 4 is 68.6 Å². The quantitative estimate of drug-likeness (QED) is 0.168. The van der Waals surface area contributed by atoms with E-state index in [0.717, 1.165) is 54.5 Å². The number of nitrogens with zero attached hydrogens (tertiary/aromatic N) is 1. The van der Waals surface area contributed by atoms with Crippen molar-refractivity contribution in [1.29, 1.82) is 0 Å². The number of nitrogens with one attached hydrogen (secondary N) is 1. The average Bonchev–Trinajstić information content (AvgIpc) is 3.80. The molecule has 2 aliphatic carbocycles. The minimum absolute atomic E-state index is 0.0560. The third-order valence-corrected chi connectivity index (χ3v) is 18.7. The Morgan fingerprint density at radius 1 is 0.427 bits per heavy atom. The molecule has 3 heterocycles. The molecule has 0 saturated heterocycles. The molecule has 0 saturated carbocycles. The molecule has 10 aromatic rings. The van der Waals surface area contributed by atoms with Crippen LogP contribution in [0.15, 0.2) is 192 Å². The van der Waals surface area contributed by atoms with Crippen molar-refractivity contribution in [1.82, 2.24) is 0 Å². The van der Waals surface area contributed by atoms with Gasteiger partial charge < -0.3 is 14.6 Å². The predicted octanol–water partition coefficient (Wildman–Crippen LogP) is 17.2. The van der Waals surface area contributed by atoms with Gasteiger partial charge in [-0.3, -0.25) is 0 Å². The van der Waals surface area contributed by atoms with Crippen LogP contribution in [0.3, 0.4) is 0 Å². The van der Waals surface area contributed by atoms with Crippen LogP contribution in [-0.2, 0) is 27.1 Å². The highest BCUT2D eigenvalue weighted by molar-refractivity contribution is 6.73. The van der Waals surface area contributed by atoms with Gasteiger partial charge in [0.25, 0.3) is 0 Å². The van der Waals surface area contributed by atoms with Crippen LogP contribution in [0.4, 0.5) is 28.4 Å². The van der Waals surface area contributed by atoms with Crippen LogP contribution in [0, 0.1) is 0 Å². The number of hydrogen-bond acceptors (Lipinski definition) is 3. The van der Waals surface area contributed by atoms with Gasteiger partial charge in [-0.15, -0.1) is 0 Å².